The zero-order valence-corrected chi connectivity index (χ0v) is 9.27. The SMILES string of the molecule is CC1CCC(C#N)(Cc2ncnn2C)C1. The first kappa shape index (κ1) is 10.2. The Labute approximate surface area is 89.9 Å². The number of hydrogen-bond donors (Lipinski definition) is 0. The average molecular weight is 204 g/mol. The molecule has 1 aliphatic carbocycles. The lowest BCUT2D eigenvalue weighted by molar-refractivity contribution is 0.376. The summed E-state index contributed by atoms with van der Waals surface area (Å²) in [5.74, 6) is 1.59. The second-order valence-electron chi connectivity index (χ2n) is 4.72. The number of rotatable bonds is 2. The van der Waals surface area contributed by atoms with E-state index in [0.29, 0.717) is 5.92 Å². The molecule has 1 aromatic heterocycles. The Bertz CT molecular complexity index is 390. The van der Waals surface area contributed by atoms with Gasteiger partial charge in [-0.15, -0.1) is 0 Å². The van der Waals surface area contributed by atoms with Gasteiger partial charge in [0.1, 0.15) is 12.2 Å². The molecule has 0 radical (unpaired) electrons. The third kappa shape index (κ3) is 1.87. The van der Waals surface area contributed by atoms with Crippen LogP contribution in [0, 0.1) is 22.7 Å². The molecule has 0 amide bonds. The van der Waals surface area contributed by atoms with Crippen LogP contribution >= 0.6 is 0 Å². The Hall–Kier alpha value is -1.37. The molecule has 0 spiro atoms. The zero-order valence-electron chi connectivity index (χ0n) is 9.27. The Morgan fingerprint density at radius 1 is 1.73 bits per heavy atom. The van der Waals surface area contributed by atoms with Crippen LogP contribution in [0.2, 0.25) is 0 Å². The van der Waals surface area contributed by atoms with Crippen LogP contribution in [0.5, 0.6) is 0 Å². The smallest absolute Gasteiger partial charge is 0.138 e. The molecular weight excluding hydrogens is 188 g/mol. The van der Waals surface area contributed by atoms with Crippen molar-refractivity contribution in [2.45, 2.75) is 32.6 Å². The molecule has 0 saturated heterocycles. The number of aryl methyl sites for hydroxylation is 1. The molecule has 1 saturated carbocycles. The highest BCUT2D eigenvalue weighted by molar-refractivity contribution is 5.08. The molecule has 1 aromatic rings. The molecule has 80 valence electrons. The maximum Gasteiger partial charge on any atom is 0.138 e. The van der Waals surface area contributed by atoms with E-state index in [1.54, 1.807) is 11.0 Å². The lowest BCUT2D eigenvalue weighted by atomic mass is 9.83. The first-order valence-corrected chi connectivity index (χ1v) is 5.39. The van der Waals surface area contributed by atoms with Crippen molar-refractivity contribution in [2.24, 2.45) is 18.4 Å². The van der Waals surface area contributed by atoms with E-state index < -0.39 is 0 Å². The third-order valence-corrected chi connectivity index (χ3v) is 3.39. The van der Waals surface area contributed by atoms with Crippen LogP contribution in [-0.4, -0.2) is 14.8 Å². The minimum atomic E-state index is -0.194. The highest BCUT2D eigenvalue weighted by Gasteiger charge is 2.38. The van der Waals surface area contributed by atoms with E-state index in [-0.39, 0.29) is 5.41 Å². The van der Waals surface area contributed by atoms with Crippen molar-refractivity contribution in [2.75, 3.05) is 0 Å². The number of hydrogen-bond acceptors (Lipinski definition) is 3. The quantitative estimate of drug-likeness (QED) is 0.736. The van der Waals surface area contributed by atoms with Crippen LogP contribution < -0.4 is 0 Å². The van der Waals surface area contributed by atoms with Gasteiger partial charge in [0.25, 0.3) is 0 Å². The van der Waals surface area contributed by atoms with Gasteiger partial charge in [0.05, 0.1) is 11.5 Å². The van der Waals surface area contributed by atoms with Gasteiger partial charge in [-0.25, -0.2) is 4.98 Å². The van der Waals surface area contributed by atoms with E-state index in [4.69, 9.17) is 0 Å². The van der Waals surface area contributed by atoms with E-state index in [9.17, 15) is 5.26 Å². The predicted molar refractivity (Wildman–Crippen MR) is 55.8 cm³/mol. The first-order valence-electron chi connectivity index (χ1n) is 5.39. The number of nitrogens with zero attached hydrogens (tertiary/aromatic N) is 4. The summed E-state index contributed by atoms with van der Waals surface area (Å²) in [6.45, 7) is 2.22. The maximum absolute atomic E-state index is 9.32. The second-order valence-corrected chi connectivity index (χ2v) is 4.72. The van der Waals surface area contributed by atoms with Crippen molar-refractivity contribution in [3.63, 3.8) is 0 Å². The molecule has 0 aliphatic heterocycles. The molecule has 4 nitrogen and oxygen atoms in total. The first-order chi connectivity index (χ1) is 7.15. The van der Waals surface area contributed by atoms with Crippen molar-refractivity contribution < 1.29 is 0 Å². The molecule has 15 heavy (non-hydrogen) atoms. The molecule has 1 fully saturated rings. The van der Waals surface area contributed by atoms with Gasteiger partial charge in [0.15, 0.2) is 0 Å². The lowest BCUT2D eigenvalue weighted by Gasteiger charge is -2.19. The van der Waals surface area contributed by atoms with Crippen LogP contribution in [0.1, 0.15) is 32.0 Å². The second kappa shape index (κ2) is 3.65. The summed E-state index contributed by atoms with van der Waals surface area (Å²) in [4.78, 5) is 4.20. The summed E-state index contributed by atoms with van der Waals surface area (Å²) in [5, 5.41) is 13.4. The fraction of sp³-hybridized carbons (Fsp3) is 0.727. The van der Waals surface area contributed by atoms with Gasteiger partial charge >= 0.3 is 0 Å². The van der Waals surface area contributed by atoms with Crippen molar-refractivity contribution in [3.8, 4) is 6.07 Å². The summed E-state index contributed by atoms with van der Waals surface area (Å²) in [7, 11) is 1.88. The summed E-state index contributed by atoms with van der Waals surface area (Å²) in [6.07, 6.45) is 5.45. The van der Waals surface area contributed by atoms with Gasteiger partial charge in [-0.2, -0.15) is 10.4 Å². The molecule has 0 N–H and O–H groups in total. The van der Waals surface area contributed by atoms with Crippen molar-refractivity contribution in [3.05, 3.63) is 12.2 Å². The van der Waals surface area contributed by atoms with E-state index in [1.807, 2.05) is 7.05 Å². The lowest BCUT2D eigenvalue weighted by Crippen LogP contribution is -2.20. The van der Waals surface area contributed by atoms with Crippen LogP contribution in [-0.2, 0) is 13.5 Å². The Morgan fingerprint density at radius 3 is 3.00 bits per heavy atom. The van der Waals surface area contributed by atoms with Gasteiger partial charge in [-0.05, 0) is 25.2 Å². The van der Waals surface area contributed by atoms with Crippen LogP contribution in [0.3, 0.4) is 0 Å². The van der Waals surface area contributed by atoms with E-state index in [2.05, 4.69) is 23.1 Å². The van der Waals surface area contributed by atoms with Crippen molar-refractivity contribution >= 4 is 0 Å². The molecule has 1 heterocycles. The normalized spacial score (nSPS) is 30.3. The average Bonchev–Trinajstić information content (AvgIpc) is 2.76. The molecule has 1 aliphatic rings. The molecule has 2 rings (SSSR count). The molecular formula is C11H16N4. The van der Waals surface area contributed by atoms with Gasteiger partial charge in [-0.3, -0.25) is 4.68 Å². The fourth-order valence-corrected chi connectivity index (χ4v) is 2.48. The fourth-order valence-electron chi connectivity index (χ4n) is 2.48. The van der Waals surface area contributed by atoms with Gasteiger partial charge in [0.2, 0.25) is 0 Å². The molecule has 0 aromatic carbocycles. The van der Waals surface area contributed by atoms with Crippen molar-refractivity contribution in [1.82, 2.24) is 14.8 Å². The van der Waals surface area contributed by atoms with Crippen molar-refractivity contribution in [1.29, 1.82) is 5.26 Å². The summed E-state index contributed by atoms with van der Waals surface area (Å²) < 4.78 is 1.77. The van der Waals surface area contributed by atoms with Crippen LogP contribution in [0.4, 0.5) is 0 Å². The summed E-state index contributed by atoms with van der Waals surface area (Å²) in [5.41, 5.74) is -0.194. The maximum atomic E-state index is 9.32. The van der Waals surface area contributed by atoms with E-state index in [1.165, 1.54) is 0 Å². The van der Waals surface area contributed by atoms with Gasteiger partial charge in [-0.1, -0.05) is 6.92 Å². The topological polar surface area (TPSA) is 54.5 Å². The number of aromatic nitrogens is 3. The Kier molecular flexibility index (Phi) is 2.47. The largest absolute Gasteiger partial charge is 0.253 e. The zero-order chi connectivity index (χ0) is 10.9. The summed E-state index contributed by atoms with van der Waals surface area (Å²) in [6, 6.07) is 2.49. The Balaban J connectivity index is 2.17. The minimum absolute atomic E-state index is 0.194. The van der Waals surface area contributed by atoms with E-state index in [0.717, 1.165) is 31.5 Å². The molecule has 0 bridgehead atoms. The summed E-state index contributed by atoms with van der Waals surface area (Å²) >= 11 is 0. The van der Waals surface area contributed by atoms with Gasteiger partial charge in [0, 0.05) is 13.5 Å². The molecule has 4 heteroatoms. The number of nitriles is 1. The highest BCUT2D eigenvalue weighted by atomic mass is 15.3. The third-order valence-electron chi connectivity index (χ3n) is 3.39. The minimum Gasteiger partial charge on any atom is -0.253 e. The molecule has 2 atom stereocenters. The monoisotopic (exact) mass is 204 g/mol. The van der Waals surface area contributed by atoms with Gasteiger partial charge < -0.3 is 0 Å². The predicted octanol–water partition coefficient (Wildman–Crippen LogP) is 1.69. The Morgan fingerprint density at radius 2 is 2.53 bits per heavy atom. The van der Waals surface area contributed by atoms with Crippen LogP contribution in [0.15, 0.2) is 6.33 Å². The highest BCUT2D eigenvalue weighted by Crippen LogP contribution is 2.43. The standard InChI is InChI=1S/C11H16N4/c1-9-3-4-11(5-9,7-12)6-10-13-8-14-15(10)2/h8-9H,3-6H2,1-2H3. The van der Waals surface area contributed by atoms with E-state index >= 15 is 0 Å². The molecule has 2 unspecified atom stereocenters. The van der Waals surface area contributed by atoms with Crippen LogP contribution in [0.25, 0.3) is 0 Å².